The third-order valence-corrected chi connectivity index (χ3v) is 2.76. The minimum atomic E-state index is 0.0868. The number of halogens is 1. The second kappa shape index (κ2) is 7.33. The van der Waals surface area contributed by atoms with Crippen molar-refractivity contribution in [2.24, 2.45) is 5.92 Å². The van der Waals surface area contributed by atoms with E-state index in [9.17, 15) is 4.79 Å². The molecule has 0 bridgehead atoms. The van der Waals surface area contributed by atoms with E-state index in [1.807, 2.05) is 24.3 Å². The number of alkyl halides is 1. The van der Waals surface area contributed by atoms with Crippen LogP contribution in [0.3, 0.4) is 0 Å². The van der Waals surface area contributed by atoms with Crippen LogP contribution in [0.4, 0.5) is 5.69 Å². The first-order valence-electron chi connectivity index (χ1n) is 6.06. The standard InChI is InChI=1S/C14H20ClNO/c1-11(2)3-8-14(17)16-13-6-4-12(5-7-13)9-10-15/h4-7,11H,3,8-10H2,1-2H3,(H,16,17). The minimum absolute atomic E-state index is 0.0868. The van der Waals surface area contributed by atoms with Crippen molar-refractivity contribution in [3.05, 3.63) is 29.8 Å². The number of amides is 1. The molecule has 0 aliphatic carbocycles. The average Bonchev–Trinajstić information content (AvgIpc) is 2.29. The molecule has 1 aromatic rings. The third-order valence-electron chi connectivity index (χ3n) is 2.57. The van der Waals surface area contributed by atoms with Gasteiger partial charge in [0.1, 0.15) is 0 Å². The number of benzene rings is 1. The van der Waals surface area contributed by atoms with Gasteiger partial charge in [-0.05, 0) is 36.5 Å². The second-order valence-electron chi connectivity index (χ2n) is 4.62. The Morgan fingerprint density at radius 3 is 2.47 bits per heavy atom. The smallest absolute Gasteiger partial charge is 0.224 e. The van der Waals surface area contributed by atoms with Gasteiger partial charge in [0.05, 0.1) is 0 Å². The number of anilines is 1. The summed E-state index contributed by atoms with van der Waals surface area (Å²) in [4.78, 5) is 11.6. The summed E-state index contributed by atoms with van der Waals surface area (Å²) in [6.07, 6.45) is 2.38. The van der Waals surface area contributed by atoms with E-state index in [1.165, 1.54) is 5.56 Å². The van der Waals surface area contributed by atoms with Gasteiger partial charge in [-0.25, -0.2) is 0 Å². The highest BCUT2D eigenvalue weighted by molar-refractivity contribution is 6.17. The maximum absolute atomic E-state index is 11.6. The van der Waals surface area contributed by atoms with E-state index in [0.29, 0.717) is 18.2 Å². The van der Waals surface area contributed by atoms with Crippen molar-refractivity contribution in [2.45, 2.75) is 33.1 Å². The number of rotatable bonds is 6. The van der Waals surface area contributed by atoms with Crippen LogP contribution in [0, 0.1) is 5.92 Å². The van der Waals surface area contributed by atoms with Gasteiger partial charge in [-0.2, -0.15) is 0 Å². The molecule has 0 saturated heterocycles. The van der Waals surface area contributed by atoms with Crippen LogP contribution < -0.4 is 5.32 Å². The summed E-state index contributed by atoms with van der Waals surface area (Å²) < 4.78 is 0. The van der Waals surface area contributed by atoms with Gasteiger partial charge in [-0.15, -0.1) is 11.6 Å². The molecule has 0 saturated carbocycles. The number of carbonyl (C=O) groups is 1. The first-order valence-corrected chi connectivity index (χ1v) is 6.60. The fraction of sp³-hybridized carbons (Fsp3) is 0.500. The van der Waals surface area contributed by atoms with Crippen molar-refractivity contribution in [2.75, 3.05) is 11.2 Å². The molecule has 1 N–H and O–H groups in total. The molecule has 17 heavy (non-hydrogen) atoms. The van der Waals surface area contributed by atoms with E-state index in [4.69, 9.17) is 11.6 Å². The quantitative estimate of drug-likeness (QED) is 0.767. The molecular formula is C14H20ClNO. The van der Waals surface area contributed by atoms with Crippen LogP contribution in [-0.2, 0) is 11.2 Å². The maximum Gasteiger partial charge on any atom is 0.224 e. The third kappa shape index (κ3) is 5.73. The van der Waals surface area contributed by atoms with Crippen molar-refractivity contribution in [1.82, 2.24) is 0 Å². The van der Waals surface area contributed by atoms with Crippen LogP contribution in [0.25, 0.3) is 0 Å². The summed E-state index contributed by atoms with van der Waals surface area (Å²) in [5, 5.41) is 2.89. The molecule has 94 valence electrons. The lowest BCUT2D eigenvalue weighted by molar-refractivity contribution is -0.116. The molecule has 0 aromatic heterocycles. The van der Waals surface area contributed by atoms with Gasteiger partial charge in [0.25, 0.3) is 0 Å². The van der Waals surface area contributed by atoms with E-state index >= 15 is 0 Å². The molecular weight excluding hydrogens is 234 g/mol. The van der Waals surface area contributed by atoms with E-state index in [1.54, 1.807) is 0 Å². The zero-order valence-electron chi connectivity index (χ0n) is 10.5. The summed E-state index contributed by atoms with van der Waals surface area (Å²) in [7, 11) is 0. The Kier molecular flexibility index (Phi) is 6.06. The topological polar surface area (TPSA) is 29.1 Å². The Labute approximate surface area is 108 Å². The molecule has 0 aliphatic rings. The second-order valence-corrected chi connectivity index (χ2v) is 4.99. The zero-order chi connectivity index (χ0) is 12.7. The van der Waals surface area contributed by atoms with Crippen molar-refractivity contribution < 1.29 is 4.79 Å². The molecule has 0 aliphatic heterocycles. The number of aryl methyl sites for hydroxylation is 1. The lowest BCUT2D eigenvalue weighted by Gasteiger charge is -2.07. The first kappa shape index (κ1) is 14.0. The van der Waals surface area contributed by atoms with Crippen LogP contribution in [0.5, 0.6) is 0 Å². The Balaban J connectivity index is 2.43. The van der Waals surface area contributed by atoms with Crippen LogP contribution in [0.15, 0.2) is 24.3 Å². The van der Waals surface area contributed by atoms with Gasteiger partial charge in [-0.1, -0.05) is 26.0 Å². The van der Waals surface area contributed by atoms with Crippen LogP contribution >= 0.6 is 11.6 Å². The van der Waals surface area contributed by atoms with Gasteiger partial charge >= 0.3 is 0 Å². The number of hydrogen-bond acceptors (Lipinski definition) is 1. The van der Waals surface area contributed by atoms with Gasteiger partial charge in [0.2, 0.25) is 5.91 Å². The minimum Gasteiger partial charge on any atom is -0.326 e. The fourth-order valence-electron chi connectivity index (χ4n) is 1.51. The molecule has 0 spiro atoms. The molecule has 0 unspecified atom stereocenters. The van der Waals surface area contributed by atoms with Gasteiger partial charge in [0, 0.05) is 18.0 Å². The van der Waals surface area contributed by atoms with Gasteiger partial charge < -0.3 is 5.32 Å². The predicted molar refractivity (Wildman–Crippen MR) is 73.6 cm³/mol. The van der Waals surface area contributed by atoms with E-state index < -0.39 is 0 Å². The van der Waals surface area contributed by atoms with Crippen molar-refractivity contribution >= 4 is 23.2 Å². The summed E-state index contributed by atoms with van der Waals surface area (Å²) in [5.74, 6) is 1.27. The predicted octanol–water partition coefficient (Wildman–Crippen LogP) is 3.84. The number of carbonyl (C=O) groups excluding carboxylic acids is 1. The van der Waals surface area contributed by atoms with Gasteiger partial charge in [-0.3, -0.25) is 4.79 Å². The number of hydrogen-bond donors (Lipinski definition) is 1. The average molecular weight is 254 g/mol. The SMILES string of the molecule is CC(C)CCC(=O)Nc1ccc(CCCl)cc1. The number of nitrogens with one attached hydrogen (secondary N) is 1. The van der Waals surface area contributed by atoms with Crippen LogP contribution in [0.1, 0.15) is 32.3 Å². The molecule has 2 nitrogen and oxygen atoms in total. The molecule has 0 fully saturated rings. The monoisotopic (exact) mass is 253 g/mol. The maximum atomic E-state index is 11.6. The molecule has 1 amide bonds. The van der Waals surface area contributed by atoms with Crippen molar-refractivity contribution in [3.63, 3.8) is 0 Å². The molecule has 3 heteroatoms. The van der Waals surface area contributed by atoms with Gasteiger partial charge in [0.15, 0.2) is 0 Å². The Morgan fingerprint density at radius 1 is 1.29 bits per heavy atom. The summed E-state index contributed by atoms with van der Waals surface area (Å²) in [6, 6.07) is 7.85. The highest BCUT2D eigenvalue weighted by Crippen LogP contribution is 2.12. The Hall–Kier alpha value is -1.02. The van der Waals surface area contributed by atoms with Crippen LogP contribution in [-0.4, -0.2) is 11.8 Å². The summed E-state index contributed by atoms with van der Waals surface area (Å²) >= 11 is 5.66. The summed E-state index contributed by atoms with van der Waals surface area (Å²) in [6.45, 7) is 4.24. The Morgan fingerprint density at radius 2 is 1.94 bits per heavy atom. The highest BCUT2D eigenvalue weighted by Gasteiger charge is 2.03. The fourth-order valence-corrected chi connectivity index (χ4v) is 1.73. The summed E-state index contributed by atoms with van der Waals surface area (Å²) in [5.41, 5.74) is 2.05. The lowest BCUT2D eigenvalue weighted by Crippen LogP contribution is -2.12. The van der Waals surface area contributed by atoms with Crippen LogP contribution in [0.2, 0.25) is 0 Å². The normalized spacial score (nSPS) is 10.6. The lowest BCUT2D eigenvalue weighted by atomic mass is 10.1. The molecule has 1 rings (SSSR count). The van der Waals surface area contributed by atoms with E-state index in [2.05, 4.69) is 19.2 Å². The molecule has 0 atom stereocenters. The van der Waals surface area contributed by atoms with E-state index in [0.717, 1.165) is 18.5 Å². The Bertz CT molecular complexity index is 346. The van der Waals surface area contributed by atoms with Crippen molar-refractivity contribution in [1.29, 1.82) is 0 Å². The highest BCUT2D eigenvalue weighted by atomic mass is 35.5. The molecule has 0 heterocycles. The zero-order valence-corrected chi connectivity index (χ0v) is 11.3. The van der Waals surface area contributed by atoms with E-state index in [-0.39, 0.29) is 5.91 Å². The molecule has 1 aromatic carbocycles. The van der Waals surface area contributed by atoms with Crippen molar-refractivity contribution in [3.8, 4) is 0 Å². The first-order chi connectivity index (χ1) is 8.11. The molecule has 0 radical (unpaired) electrons. The largest absolute Gasteiger partial charge is 0.326 e.